The first kappa shape index (κ1) is 14.3. The highest BCUT2D eigenvalue weighted by molar-refractivity contribution is 5.40. The van der Waals surface area contributed by atoms with Gasteiger partial charge in [-0.05, 0) is 60.8 Å². The molecule has 4 aliphatic rings. The van der Waals surface area contributed by atoms with Crippen LogP contribution in [0.4, 0.5) is 0 Å². The van der Waals surface area contributed by atoms with E-state index in [0.717, 1.165) is 25.7 Å². The molecule has 0 aromatic rings. The minimum Gasteiger partial charge on any atom is -0.377 e. The molecule has 0 heterocycles. The summed E-state index contributed by atoms with van der Waals surface area (Å²) in [5.41, 5.74) is 0.742. The quantitative estimate of drug-likeness (QED) is 0.662. The van der Waals surface area contributed by atoms with Gasteiger partial charge in [-0.1, -0.05) is 50.1 Å². The van der Waals surface area contributed by atoms with Gasteiger partial charge < -0.3 is 5.11 Å². The van der Waals surface area contributed by atoms with Gasteiger partial charge in [-0.25, -0.2) is 0 Å². The van der Waals surface area contributed by atoms with E-state index in [0.29, 0.717) is 17.8 Å². The van der Waals surface area contributed by atoms with E-state index in [2.05, 4.69) is 50.1 Å². The molecule has 0 amide bonds. The molecule has 0 radical (unpaired) electrons. The fraction of sp³-hybridized carbons (Fsp3) is 0.619. The Labute approximate surface area is 134 Å². The summed E-state index contributed by atoms with van der Waals surface area (Å²) >= 11 is 0. The van der Waals surface area contributed by atoms with Gasteiger partial charge >= 0.3 is 0 Å². The van der Waals surface area contributed by atoms with Crippen LogP contribution in [0.1, 0.15) is 46.0 Å². The van der Waals surface area contributed by atoms with Crippen LogP contribution in [0.5, 0.6) is 0 Å². The third kappa shape index (κ3) is 1.55. The highest BCUT2D eigenvalue weighted by atomic mass is 16.3. The lowest BCUT2D eigenvalue weighted by atomic mass is 9.48. The maximum Gasteiger partial charge on any atom is 0.130 e. The Morgan fingerprint density at radius 1 is 1.23 bits per heavy atom. The molecule has 0 bridgehead atoms. The maximum absolute atomic E-state index is 11.0. The number of terminal acetylenes is 1. The van der Waals surface area contributed by atoms with Gasteiger partial charge in [-0.15, -0.1) is 6.42 Å². The van der Waals surface area contributed by atoms with E-state index in [4.69, 9.17) is 6.42 Å². The van der Waals surface area contributed by atoms with Crippen LogP contribution in [0, 0.1) is 40.9 Å². The molecule has 4 aliphatic carbocycles. The van der Waals surface area contributed by atoms with Crippen molar-refractivity contribution in [3.05, 3.63) is 36.0 Å². The molecule has 0 aliphatic heterocycles. The van der Waals surface area contributed by atoms with Crippen molar-refractivity contribution >= 4 is 0 Å². The molecule has 0 aromatic heterocycles. The molecule has 6 atom stereocenters. The molecular formula is C21H26O. The molecule has 0 saturated heterocycles. The summed E-state index contributed by atoms with van der Waals surface area (Å²) in [6.07, 6.45) is 22.5. The largest absolute Gasteiger partial charge is 0.377 e. The minimum absolute atomic E-state index is 0.116. The van der Waals surface area contributed by atoms with Crippen LogP contribution < -0.4 is 0 Å². The van der Waals surface area contributed by atoms with E-state index in [1.165, 1.54) is 12.0 Å². The topological polar surface area (TPSA) is 20.2 Å². The molecule has 0 unspecified atom stereocenters. The molecular weight excluding hydrogens is 268 g/mol. The van der Waals surface area contributed by atoms with Gasteiger partial charge in [0.25, 0.3) is 0 Å². The molecule has 4 rings (SSSR count). The predicted molar refractivity (Wildman–Crippen MR) is 89.9 cm³/mol. The Balaban J connectivity index is 1.76. The Kier molecular flexibility index (Phi) is 2.86. The summed E-state index contributed by atoms with van der Waals surface area (Å²) in [5.74, 6) is 4.52. The van der Waals surface area contributed by atoms with E-state index >= 15 is 0 Å². The fourth-order valence-corrected chi connectivity index (χ4v) is 6.08. The third-order valence-corrected chi connectivity index (χ3v) is 7.65. The van der Waals surface area contributed by atoms with Crippen molar-refractivity contribution in [3.8, 4) is 12.3 Å². The Hall–Kier alpha value is -1.26. The van der Waals surface area contributed by atoms with Crippen LogP contribution in [0.25, 0.3) is 0 Å². The molecule has 116 valence electrons. The number of hydrogen-bond donors (Lipinski definition) is 1. The first-order chi connectivity index (χ1) is 10.4. The summed E-state index contributed by atoms with van der Waals surface area (Å²) in [6, 6.07) is 0. The second kappa shape index (κ2) is 4.39. The van der Waals surface area contributed by atoms with Gasteiger partial charge in [-0.3, -0.25) is 0 Å². The molecule has 1 nitrogen and oxygen atoms in total. The Morgan fingerprint density at radius 3 is 2.77 bits per heavy atom. The van der Waals surface area contributed by atoms with E-state index in [9.17, 15) is 5.11 Å². The van der Waals surface area contributed by atoms with Crippen LogP contribution in [0.15, 0.2) is 36.0 Å². The van der Waals surface area contributed by atoms with Crippen LogP contribution in [-0.4, -0.2) is 10.7 Å². The molecule has 2 fully saturated rings. The summed E-state index contributed by atoms with van der Waals surface area (Å²) < 4.78 is 0. The molecule has 22 heavy (non-hydrogen) atoms. The second-order valence-corrected chi connectivity index (χ2v) is 8.32. The number of allylic oxidation sites excluding steroid dienone is 6. The van der Waals surface area contributed by atoms with Gasteiger partial charge in [-0.2, -0.15) is 0 Å². The van der Waals surface area contributed by atoms with Gasteiger partial charge in [0.1, 0.15) is 5.60 Å². The van der Waals surface area contributed by atoms with Gasteiger partial charge in [0, 0.05) is 5.41 Å². The van der Waals surface area contributed by atoms with Crippen molar-refractivity contribution < 1.29 is 5.11 Å². The maximum atomic E-state index is 11.0. The van der Waals surface area contributed by atoms with Crippen LogP contribution in [-0.2, 0) is 0 Å². The average molecular weight is 294 g/mol. The number of aliphatic hydroxyl groups is 1. The second-order valence-electron chi connectivity index (χ2n) is 8.32. The molecule has 0 spiro atoms. The van der Waals surface area contributed by atoms with Gasteiger partial charge in [0.15, 0.2) is 0 Å². The zero-order valence-corrected chi connectivity index (χ0v) is 13.7. The first-order valence-electron chi connectivity index (χ1n) is 8.70. The average Bonchev–Trinajstić information content (AvgIpc) is 2.79. The monoisotopic (exact) mass is 294 g/mol. The molecule has 1 N–H and O–H groups in total. The van der Waals surface area contributed by atoms with Crippen molar-refractivity contribution in [1.82, 2.24) is 0 Å². The minimum atomic E-state index is -0.903. The van der Waals surface area contributed by atoms with E-state index in [1.54, 1.807) is 0 Å². The number of hydrogen-bond acceptors (Lipinski definition) is 1. The van der Waals surface area contributed by atoms with E-state index < -0.39 is 5.60 Å². The lowest BCUT2D eigenvalue weighted by Crippen LogP contribution is -2.53. The number of rotatable bonds is 0. The van der Waals surface area contributed by atoms with Crippen molar-refractivity contribution in [2.24, 2.45) is 28.6 Å². The Bertz CT molecular complexity index is 633. The van der Waals surface area contributed by atoms with E-state index in [-0.39, 0.29) is 10.8 Å². The highest BCUT2D eigenvalue weighted by Crippen LogP contribution is 2.65. The van der Waals surface area contributed by atoms with E-state index in [1.807, 2.05) is 0 Å². The summed E-state index contributed by atoms with van der Waals surface area (Å²) in [4.78, 5) is 0. The van der Waals surface area contributed by atoms with Crippen molar-refractivity contribution in [1.29, 1.82) is 0 Å². The van der Waals surface area contributed by atoms with Gasteiger partial charge in [0.2, 0.25) is 0 Å². The normalized spacial score (nSPS) is 52.3. The Morgan fingerprint density at radius 2 is 2.00 bits per heavy atom. The predicted octanol–water partition coefficient (Wildman–Crippen LogP) is 4.26. The standard InChI is InChI=1S/C21H26O/c1-4-21(22)14-11-18-16-9-8-15-7-5-6-12-19(15,2)17(16)10-13-20(18,21)3/h1,5-9,16-18,22H,10-14H2,2-3H3/t16-,17+,18+,19+,20+,21-/m1/s1. The van der Waals surface area contributed by atoms with Crippen molar-refractivity contribution in [2.75, 3.05) is 0 Å². The third-order valence-electron chi connectivity index (χ3n) is 7.65. The summed E-state index contributed by atoms with van der Waals surface area (Å²) in [5, 5.41) is 11.0. The molecule has 0 aromatic carbocycles. The first-order valence-corrected chi connectivity index (χ1v) is 8.70. The summed E-state index contributed by atoms with van der Waals surface area (Å²) in [6.45, 7) is 4.68. The SMILES string of the molecule is C#C[C@@]1(O)CC[C@H]2[C@@H]3C=CC4=CC=CC[C@]4(C)[C@H]3CC[C@@]21C. The smallest absolute Gasteiger partial charge is 0.130 e. The van der Waals surface area contributed by atoms with Crippen molar-refractivity contribution in [3.63, 3.8) is 0 Å². The molecule has 1 heteroatoms. The van der Waals surface area contributed by atoms with Crippen LogP contribution >= 0.6 is 0 Å². The van der Waals surface area contributed by atoms with Crippen molar-refractivity contribution in [2.45, 2.75) is 51.6 Å². The highest BCUT2D eigenvalue weighted by Gasteiger charge is 2.62. The fourth-order valence-electron chi connectivity index (χ4n) is 6.08. The lowest BCUT2D eigenvalue weighted by Gasteiger charge is -2.56. The zero-order chi connectivity index (χ0) is 15.6. The summed E-state index contributed by atoms with van der Waals surface area (Å²) in [7, 11) is 0. The molecule has 2 saturated carbocycles. The number of fused-ring (bicyclic) bond motifs is 5. The lowest BCUT2D eigenvalue weighted by molar-refractivity contribution is -0.0788. The van der Waals surface area contributed by atoms with Crippen LogP contribution in [0.3, 0.4) is 0 Å². The van der Waals surface area contributed by atoms with Crippen LogP contribution in [0.2, 0.25) is 0 Å². The zero-order valence-electron chi connectivity index (χ0n) is 13.7. The van der Waals surface area contributed by atoms with Gasteiger partial charge in [0.05, 0.1) is 0 Å².